The molecular weight excluding hydrogens is 280 g/mol. The van der Waals surface area contributed by atoms with Gasteiger partial charge in [-0.2, -0.15) is 8.78 Å². The Hall–Kier alpha value is -0.690. The molecule has 1 aromatic rings. The average molecular weight is 286 g/mol. The molecule has 14 heavy (non-hydrogen) atoms. The molecule has 0 radical (unpaired) electrons. The second-order valence-corrected chi connectivity index (χ2v) is 4.98. The second-order valence-electron chi connectivity index (χ2n) is 2.41. The molecule has 78 valence electrons. The monoisotopic (exact) mass is 285 g/mol. The maximum Gasteiger partial charge on any atom is 0.355 e. The minimum absolute atomic E-state index is 0.105. The van der Waals surface area contributed by atoms with E-state index in [1.165, 1.54) is 12.1 Å². The lowest BCUT2D eigenvalue weighted by Crippen LogP contribution is -2.20. The molecule has 0 atom stereocenters. The van der Waals surface area contributed by atoms with Crippen LogP contribution in [0.3, 0.4) is 0 Å². The lowest BCUT2D eigenvalue weighted by atomic mass is 10.3. The number of alkyl halides is 2. The van der Waals surface area contributed by atoms with Crippen molar-refractivity contribution in [2.75, 3.05) is 4.72 Å². The topological polar surface area (TPSA) is 46.2 Å². The van der Waals surface area contributed by atoms with Crippen molar-refractivity contribution in [1.82, 2.24) is 0 Å². The zero-order valence-corrected chi connectivity index (χ0v) is 9.15. The SMILES string of the molecule is O=S(=O)(Nc1ccc(Br)cc1)C(F)F. The summed E-state index contributed by atoms with van der Waals surface area (Å²) in [7, 11) is -4.56. The second kappa shape index (κ2) is 4.22. The molecule has 0 bridgehead atoms. The van der Waals surface area contributed by atoms with E-state index >= 15 is 0 Å². The Balaban J connectivity index is 2.85. The smallest absolute Gasteiger partial charge is 0.279 e. The van der Waals surface area contributed by atoms with Gasteiger partial charge >= 0.3 is 5.76 Å². The summed E-state index contributed by atoms with van der Waals surface area (Å²) in [5, 5.41) is 0. The van der Waals surface area contributed by atoms with E-state index < -0.39 is 15.8 Å². The molecule has 0 aliphatic carbocycles. The van der Waals surface area contributed by atoms with Gasteiger partial charge in [0.15, 0.2) is 0 Å². The molecule has 0 aliphatic rings. The highest BCUT2D eigenvalue weighted by atomic mass is 79.9. The van der Waals surface area contributed by atoms with E-state index in [1.54, 1.807) is 16.9 Å². The lowest BCUT2D eigenvalue weighted by molar-refractivity contribution is 0.236. The van der Waals surface area contributed by atoms with Crippen LogP contribution >= 0.6 is 15.9 Å². The first kappa shape index (κ1) is 11.4. The van der Waals surface area contributed by atoms with Crippen molar-refractivity contribution in [2.24, 2.45) is 0 Å². The summed E-state index contributed by atoms with van der Waals surface area (Å²) in [5.41, 5.74) is 0.105. The van der Waals surface area contributed by atoms with E-state index in [0.29, 0.717) is 0 Å². The Labute approximate surface area is 88.3 Å². The van der Waals surface area contributed by atoms with Crippen LogP contribution in [0.2, 0.25) is 0 Å². The fourth-order valence-corrected chi connectivity index (χ4v) is 1.54. The van der Waals surface area contributed by atoms with Gasteiger partial charge in [-0.3, -0.25) is 4.72 Å². The first-order valence-corrected chi connectivity index (χ1v) is 5.81. The van der Waals surface area contributed by atoms with Gasteiger partial charge in [0.1, 0.15) is 0 Å². The molecule has 1 rings (SSSR count). The molecule has 0 spiro atoms. The molecule has 0 aromatic heterocycles. The Kier molecular flexibility index (Phi) is 3.43. The maximum absolute atomic E-state index is 11.9. The van der Waals surface area contributed by atoms with Crippen LogP contribution < -0.4 is 4.72 Å². The number of hydrogen-bond acceptors (Lipinski definition) is 2. The highest BCUT2D eigenvalue weighted by molar-refractivity contribution is 9.10. The van der Waals surface area contributed by atoms with Gasteiger partial charge in [0.2, 0.25) is 0 Å². The summed E-state index contributed by atoms with van der Waals surface area (Å²) >= 11 is 3.13. The third-order valence-corrected chi connectivity index (χ3v) is 2.86. The van der Waals surface area contributed by atoms with Crippen molar-refractivity contribution in [2.45, 2.75) is 5.76 Å². The summed E-state index contributed by atoms with van der Waals surface area (Å²) in [4.78, 5) is 0. The zero-order valence-electron chi connectivity index (χ0n) is 6.75. The van der Waals surface area contributed by atoms with Crippen LogP contribution in [0.5, 0.6) is 0 Å². The van der Waals surface area contributed by atoms with E-state index in [1.807, 2.05) is 0 Å². The highest BCUT2D eigenvalue weighted by Crippen LogP contribution is 2.17. The summed E-state index contributed by atoms with van der Waals surface area (Å²) in [6.45, 7) is 0. The van der Waals surface area contributed by atoms with E-state index in [2.05, 4.69) is 15.9 Å². The Morgan fingerprint density at radius 2 is 1.71 bits per heavy atom. The molecule has 1 aromatic carbocycles. The Bertz CT molecular complexity index is 404. The van der Waals surface area contributed by atoms with Gasteiger partial charge in [0.25, 0.3) is 10.0 Å². The number of nitrogens with one attached hydrogen (secondary N) is 1. The Morgan fingerprint density at radius 3 is 2.14 bits per heavy atom. The van der Waals surface area contributed by atoms with Crippen LogP contribution in [0.25, 0.3) is 0 Å². The van der Waals surface area contributed by atoms with Crippen LogP contribution in [0.15, 0.2) is 28.7 Å². The maximum atomic E-state index is 11.9. The molecule has 0 fully saturated rings. The van der Waals surface area contributed by atoms with Crippen molar-refractivity contribution >= 4 is 31.6 Å². The first-order chi connectivity index (χ1) is 6.42. The average Bonchev–Trinajstić information content (AvgIpc) is 2.08. The lowest BCUT2D eigenvalue weighted by Gasteiger charge is -2.06. The van der Waals surface area contributed by atoms with Gasteiger partial charge < -0.3 is 0 Å². The minimum Gasteiger partial charge on any atom is -0.279 e. The number of benzene rings is 1. The first-order valence-electron chi connectivity index (χ1n) is 3.47. The fourth-order valence-electron chi connectivity index (χ4n) is 0.727. The van der Waals surface area contributed by atoms with Gasteiger partial charge in [-0.25, -0.2) is 8.42 Å². The quantitative estimate of drug-likeness (QED) is 0.927. The van der Waals surface area contributed by atoms with E-state index in [-0.39, 0.29) is 5.69 Å². The largest absolute Gasteiger partial charge is 0.355 e. The Morgan fingerprint density at radius 1 is 1.21 bits per heavy atom. The van der Waals surface area contributed by atoms with Gasteiger partial charge in [0, 0.05) is 10.2 Å². The van der Waals surface area contributed by atoms with Crippen molar-refractivity contribution in [1.29, 1.82) is 0 Å². The number of anilines is 1. The fraction of sp³-hybridized carbons (Fsp3) is 0.143. The van der Waals surface area contributed by atoms with Gasteiger partial charge in [-0.1, -0.05) is 15.9 Å². The van der Waals surface area contributed by atoms with Crippen molar-refractivity contribution < 1.29 is 17.2 Å². The molecule has 3 nitrogen and oxygen atoms in total. The minimum atomic E-state index is -4.56. The van der Waals surface area contributed by atoms with Crippen molar-refractivity contribution in [3.63, 3.8) is 0 Å². The van der Waals surface area contributed by atoms with Crippen LogP contribution in [-0.4, -0.2) is 14.2 Å². The van der Waals surface area contributed by atoms with E-state index in [4.69, 9.17) is 0 Å². The predicted octanol–water partition coefficient (Wildman–Crippen LogP) is 2.41. The molecule has 7 heteroatoms. The molecule has 0 unspecified atom stereocenters. The number of hydrogen-bond donors (Lipinski definition) is 1. The molecule has 0 amide bonds. The van der Waals surface area contributed by atoms with Gasteiger partial charge in [-0.15, -0.1) is 0 Å². The van der Waals surface area contributed by atoms with Crippen LogP contribution in [0.1, 0.15) is 0 Å². The molecule has 0 saturated carbocycles. The molecule has 0 heterocycles. The van der Waals surface area contributed by atoms with Crippen LogP contribution in [0, 0.1) is 0 Å². The third kappa shape index (κ3) is 2.91. The number of sulfonamides is 1. The van der Waals surface area contributed by atoms with Gasteiger partial charge in [0.05, 0.1) is 0 Å². The van der Waals surface area contributed by atoms with E-state index in [9.17, 15) is 17.2 Å². The zero-order chi connectivity index (χ0) is 10.8. The number of rotatable bonds is 3. The molecular formula is C7H6BrF2NO2S. The summed E-state index contributed by atoms with van der Waals surface area (Å²) in [5.74, 6) is -3.42. The van der Waals surface area contributed by atoms with E-state index in [0.717, 1.165) is 4.47 Å². The summed E-state index contributed by atoms with van der Waals surface area (Å²) in [6, 6.07) is 5.85. The third-order valence-electron chi connectivity index (χ3n) is 1.34. The molecule has 0 saturated heterocycles. The summed E-state index contributed by atoms with van der Waals surface area (Å²) < 4.78 is 47.7. The molecule has 1 N–H and O–H groups in total. The highest BCUT2D eigenvalue weighted by Gasteiger charge is 2.23. The van der Waals surface area contributed by atoms with Crippen molar-refractivity contribution in [3.05, 3.63) is 28.7 Å². The van der Waals surface area contributed by atoms with Gasteiger partial charge in [-0.05, 0) is 24.3 Å². The van der Waals surface area contributed by atoms with Crippen molar-refractivity contribution in [3.8, 4) is 0 Å². The van der Waals surface area contributed by atoms with Crippen LogP contribution in [-0.2, 0) is 10.0 Å². The number of halogens is 3. The standard InChI is InChI=1S/C7H6BrF2NO2S/c8-5-1-3-6(4-2-5)11-14(12,13)7(9)10/h1-4,7,11H. The summed E-state index contributed by atoms with van der Waals surface area (Å²) in [6.07, 6.45) is 0. The molecule has 0 aliphatic heterocycles. The normalized spacial score (nSPS) is 11.7. The predicted molar refractivity (Wildman–Crippen MR) is 52.7 cm³/mol. The van der Waals surface area contributed by atoms with Crippen LogP contribution in [0.4, 0.5) is 14.5 Å².